The predicted octanol–water partition coefficient (Wildman–Crippen LogP) is -0.345. The van der Waals surface area contributed by atoms with E-state index in [0.717, 1.165) is 0 Å². The number of nitrogens with zero attached hydrogens (tertiary/aromatic N) is 2. The second kappa shape index (κ2) is 5.84. The van der Waals surface area contributed by atoms with Crippen molar-refractivity contribution < 1.29 is 19.0 Å². The second-order valence-electron chi connectivity index (χ2n) is 5.05. The Morgan fingerprint density at radius 2 is 2.32 bits per heavy atom. The lowest BCUT2D eigenvalue weighted by atomic mass is 10.2. The minimum Gasteiger partial charge on any atom is -0.369 e. The topological polar surface area (TPSA) is 146 Å². The first-order chi connectivity index (χ1) is 10.3. The molecule has 122 valence electrons. The second-order valence-corrected chi connectivity index (χ2v) is 7.90. The summed E-state index contributed by atoms with van der Waals surface area (Å²) in [5.74, 6) is 0.494. The van der Waals surface area contributed by atoms with Gasteiger partial charge < -0.3 is 20.7 Å². The zero-order chi connectivity index (χ0) is 15.9. The van der Waals surface area contributed by atoms with Crippen LogP contribution in [0.5, 0.6) is 0 Å². The smallest absolute Gasteiger partial charge is 0.369 e. The maximum Gasteiger partial charge on any atom is 0.472 e. The Balaban J connectivity index is 1.67. The van der Waals surface area contributed by atoms with Gasteiger partial charge in [-0.05, 0) is 12.8 Å². The number of aromatic amines is 1. The molecule has 1 saturated heterocycles. The first-order valence-electron chi connectivity index (χ1n) is 6.61. The molecule has 0 unspecified atom stereocenters. The molecule has 6 N–H and O–H groups in total. The number of fused-ring (bicyclic) bond motifs is 1. The number of nitrogen functional groups attached to an aromatic ring is 1. The number of aromatic nitrogens is 2. The summed E-state index contributed by atoms with van der Waals surface area (Å²) in [7, 11) is -3.57. The summed E-state index contributed by atoms with van der Waals surface area (Å²) in [5, 5.41) is 2.96. The Kier molecular flexibility index (Phi) is 4.19. The summed E-state index contributed by atoms with van der Waals surface area (Å²) >= 11 is 3.56. The third-order valence-corrected chi connectivity index (χ3v) is 4.33. The van der Waals surface area contributed by atoms with E-state index in [4.69, 9.17) is 24.8 Å². The van der Waals surface area contributed by atoms with E-state index in [2.05, 4.69) is 27.5 Å². The van der Waals surface area contributed by atoms with Gasteiger partial charge in [-0.15, -0.1) is 0 Å². The van der Waals surface area contributed by atoms with E-state index in [1.54, 1.807) is 0 Å². The number of rotatable bonds is 4. The lowest BCUT2D eigenvalue weighted by Crippen LogP contribution is -2.36. The summed E-state index contributed by atoms with van der Waals surface area (Å²) in [6.07, 6.45) is 0.807. The van der Waals surface area contributed by atoms with Gasteiger partial charge >= 0.3 is 7.15 Å². The van der Waals surface area contributed by atoms with Crippen molar-refractivity contribution in [3.63, 3.8) is 0 Å². The summed E-state index contributed by atoms with van der Waals surface area (Å²) in [6, 6.07) is 0. The molecule has 0 radical (unpaired) electrons. The van der Waals surface area contributed by atoms with E-state index in [1.165, 1.54) is 0 Å². The number of ether oxygens (including phenoxy) is 1. The Hall–Kier alpha value is -1.10. The van der Waals surface area contributed by atoms with Gasteiger partial charge in [0.2, 0.25) is 5.95 Å². The normalized spacial score (nSPS) is 24.4. The van der Waals surface area contributed by atoms with Gasteiger partial charge in [0.15, 0.2) is 5.82 Å². The van der Waals surface area contributed by atoms with Gasteiger partial charge in [0, 0.05) is 0 Å². The molecule has 2 atom stereocenters. The molecule has 0 saturated carbocycles. The molecule has 1 aromatic heterocycles. The molecule has 1 aromatic rings. The van der Waals surface area contributed by atoms with Gasteiger partial charge in [-0.1, -0.05) is 0 Å². The summed E-state index contributed by atoms with van der Waals surface area (Å²) < 4.78 is 10.7. The van der Waals surface area contributed by atoms with Crippen LogP contribution in [0, 0.1) is 0 Å². The van der Waals surface area contributed by atoms with Crippen LogP contribution in [0.4, 0.5) is 17.5 Å². The van der Waals surface area contributed by atoms with Gasteiger partial charge in [-0.3, -0.25) is 9.78 Å². The van der Waals surface area contributed by atoms with Crippen molar-refractivity contribution in [3.8, 4) is 0 Å². The van der Waals surface area contributed by atoms with Crippen LogP contribution in [-0.4, -0.2) is 45.4 Å². The molecular weight excluding hydrogens is 333 g/mol. The Labute approximate surface area is 131 Å². The first-order valence-corrected chi connectivity index (χ1v) is 9.37. The number of nitrogens with one attached hydrogen (secondary N) is 2. The number of nitrogens with two attached hydrogens (primary N) is 1. The van der Waals surface area contributed by atoms with Crippen LogP contribution in [0.15, 0.2) is 4.79 Å². The zero-order valence-corrected chi connectivity index (χ0v) is 13.3. The minimum atomic E-state index is -3.57. The van der Waals surface area contributed by atoms with Crippen LogP contribution < -0.4 is 21.5 Å². The molecule has 10 nitrogen and oxygen atoms in total. The molecule has 22 heavy (non-hydrogen) atoms. The van der Waals surface area contributed by atoms with Crippen molar-refractivity contribution in [1.29, 1.82) is 0 Å². The molecule has 12 heteroatoms. The number of hydrogen-bond donors (Lipinski definition) is 6. The largest absolute Gasteiger partial charge is 0.472 e. The van der Waals surface area contributed by atoms with Gasteiger partial charge in [0.05, 0.1) is 25.0 Å². The molecule has 0 bridgehead atoms. The number of thiol groups is 1. The molecule has 0 aromatic carbocycles. The van der Waals surface area contributed by atoms with Crippen molar-refractivity contribution in [1.82, 2.24) is 9.97 Å². The maximum atomic E-state index is 11.8. The van der Waals surface area contributed by atoms with E-state index >= 15 is 0 Å². The van der Waals surface area contributed by atoms with Crippen molar-refractivity contribution in [3.05, 3.63) is 10.4 Å². The van der Waals surface area contributed by atoms with E-state index in [9.17, 15) is 4.79 Å². The Bertz CT molecular complexity index is 623. The third kappa shape index (κ3) is 3.29. The monoisotopic (exact) mass is 350 g/mol. The third-order valence-electron chi connectivity index (χ3n) is 3.48. The van der Waals surface area contributed by atoms with Crippen molar-refractivity contribution in [2.45, 2.75) is 25.2 Å². The van der Waals surface area contributed by atoms with Gasteiger partial charge in [-0.25, -0.2) is 0 Å². The lowest BCUT2D eigenvalue weighted by molar-refractivity contribution is 0.0144. The molecular formula is C10H17N5O5PS+. The molecule has 0 spiro atoms. The van der Waals surface area contributed by atoms with E-state index < -0.39 is 7.15 Å². The number of hydrogen-bond acceptors (Lipinski definition) is 10. The predicted molar refractivity (Wildman–Crippen MR) is 84.4 cm³/mol. The number of anilines is 3. The first kappa shape index (κ1) is 15.8. The van der Waals surface area contributed by atoms with Crippen LogP contribution in [0.25, 0.3) is 0 Å². The summed E-state index contributed by atoms with van der Waals surface area (Å²) in [4.78, 5) is 38.4. The van der Waals surface area contributed by atoms with Crippen LogP contribution in [0.2, 0.25) is 0 Å². The van der Waals surface area contributed by atoms with Gasteiger partial charge in [0.25, 0.3) is 5.56 Å². The molecule has 0 amide bonds. The van der Waals surface area contributed by atoms with Crippen LogP contribution in [-0.2, 0) is 9.26 Å². The molecule has 0 aliphatic carbocycles. The summed E-state index contributed by atoms with van der Waals surface area (Å²) in [6.45, 7) is 0.427. The van der Waals surface area contributed by atoms with E-state index in [1.807, 2.05) is 4.90 Å². The molecule has 2 aliphatic heterocycles. The standard InChI is InChI=1S/C10H16N5O5PS/c11-10-13-8-7(9(16)14-10)12-4-15(8)6-2-1-5(20-6)3-19-21(17,18)22/h5-6,12,17-18,22H,1-4H2,(H2-,11,13,14,16)/p+1/t5-,6+/m0/s1. The lowest BCUT2D eigenvalue weighted by Gasteiger charge is -2.24. The fourth-order valence-electron chi connectivity index (χ4n) is 2.54. The molecule has 2 aliphatic rings. The Morgan fingerprint density at radius 3 is 3.05 bits per heavy atom. The molecule has 1 fully saturated rings. The highest BCUT2D eigenvalue weighted by molar-refractivity contribution is 8.47. The fraction of sp³-hybridized carbons (Fsp3) is 0.600. The molecule has 3 heterocycles. The minimum absolute atomic E-state index is 0.0415. The van der Waals surface area contributed by atoms with E-state index in [0.29, 0.717) is 31.0 Å². The van der Waals surface area contributed by atoms with Crippen LogP contribution in [0.1, 0.15) is 12.8 Å². The highest BCUT2D eigenvalue weighted by Crippen LogP contribution is 2.56. The molecule has 3 rings (SSSR count). The van der Waals surface area contributed by atoms with Crippen molar-refractivity contribution in [2.24, 2.45) is 0 Å². The highest BCUT2D eigenvalue weighted by atomic mass is 32.7. The maximum absolute atomic E-state index is 11.8. The Morgan fingerprint density at radius 1 is 1.55 bits per heavy atom. The highest BCUT2D eigenvalue weighted by Gasteiger charge is 2.38. The number of H-pyrrole nitrogens is 1. The van der Waals surface area contributed by atoms with Gasteiger partial charge in [-0.2, -0.15) is 19.3 Å². The van der Waals surface area contributed by atoms with Crippen molar-refractivity contribution in [2.75, 3.05) is 29.2 Å². The SMILES string of the molecule is Nc1nc2c(c(=O)[nH]1)NCN2[C@H]1CC[C@@H](CO[P+](O)(O)S)O1. The fourth-order valence-corrected chi connectivity index (χ4v) is 3.11. The van der Waals surface area contributed by atoms with Crippen LogP contribution in [0.3, 0.4) is 0 Å². The zero-order valence-electron chi connectivity index (χ0n) is 11.5. The summed E-state index contributed by atoms with van der Waals surface area (Å²) in [5.41, 5.74) is 5.61. The quantitative estimate of drug-likeness (QED) is 0.317. The van der Waals surface area contributed by atoms with Crippen LogP contribution >= 0.6 is 19.4 Å². The average Bonchev–Trinajstić information content (AvgIpc) is 3.01. The average molecular weight is 350 g/mol. The van der Waals surface area contributed by atoms with Crippen molar-refractivity contribution >= 4 is 36.8 Å². The van der Waals surface area contributed by atoms with E-state index in [-0.39, 0.29) is 30.4 Å². The van der Waals surface area contributed by atoms with Gasteiger partial charge in [0.1, 0.15) is 18.5 Å².